The van der Waals surface area contributed by atoms with Crippen molar-refractivity contribution < 1.29 is 9.47 Å². The molecule has 12 heteroatoms. The van der Waals surface area contributed by atoms with E-state index in [2.05, 4.69) is 41.3 Å². The van der Waals surface area contributed by atoms with Crippen LogP contribution in [0.5, 0.6) is 11.5 Å². The first-order valence-electron chi connectivity index (χ1n) is 6.61. The third kappa shape index (κ3) is 3.37. The molecule has 0 fully saturated rings. The summed E-state index contributed by atoms with van der Waals surface area (Å²) in [6.45, 7) is 0. The van der Waals surface area contributed by atoms with Gasteiger partial charge in [-0.15, -0.1) is 19.8 Å². The predicted molar refractivity (Wildman–Crippen MR) is 81.2 cm³/mol. The maximum absolute atomic E-state index is 5.38. The first-order chi connectivity index (χ1) is 11.8. The molecule has 0 unspecified atom stereocenters. The lowest BCUT2D eigenvalue weighted by molar-refractivity contribution is 0.402. The molecule has 2 aromatic heterocycles. The summed E-state index contributed by atoms with van der Waals surface area (Å²) >= 11 is 0. The highest BCUT2D eigenvalue weighted by Crippen LogP contribution is 2.26. The Morgan fingerprint density at radius 1 is 0.833 bits per heavy atom. The average molecular weight is 328 g/mol. The zero-order valence-corrected chi connectivity index (χ0v) is 12.8. The van der Waals surface area contributed by atoms with Crippen LogP contribution < -0.4 is 9.47 Å². The van der Waals surface area contributed by atoms with Gasteiger partial charge in [-0.3, -0.25) is 0 Å². The summed E-state index contributed by atoms with van der Waals surface area (Å²) in [4.78, 5) is 2.44. The monoisotopic (exact) mass is 328 g/mol. The van der Waals surface area contributed by atoms with Crippen molar-refractivity contribution in [2.75, 3.05) is 14.2 Å². The van der Waals surface area contributed by atoms with Gasteiger partial charge < -0.3 is 9.47 Å². The van der Waals surface area contributed by atoms with Gasteiger partial charge in [0.05, 0.1) is 26.6 Å². The van der Waals surface area contributed by atoms with E-state index in [1.807, 2.05) is 0 Å². The Kier molecular flexibility index (Phi) is 4.46. The molecular weight excluding hydrogens is 316 g/mol. The van der Waals surface area contributed by atoms with E-state index in [0.717, 1.165) is 0 Å². The summed E-state index contributed by atoms with van der Waals surface area (Å²) in [5, 5.41) is 29.5. The van der Waals surface area contributed by atoms with Crippen LogP contribution in [0.2, 0.25) is 0 Å². The van der Waals surface area contributed by atoms with Crippen LogP contribution in [-0.2, 0) is 0 Å². The lowest BCUT2D eigenvalue weighted by atomic mass is 10.1. The third-order valence-electron chi connectivity index (χ3n) is 2.89. The van der Waals surface area contributed by atoms with Gasteiger partial charge in [-0.25, -0.2) is 0 Å². The fraction of sp³-hybridized carbons (Fsp3) is 0.167. The number of aromatic nitrogens is 8. The quantitative estimate of drug-likeness (QED) is 0.550. The van der Waals surface area contributed by atoms with E-state index in [9.17, 15) is 0 Å². The number of hydrogen-bond donors (Lipinski definition) is 0. The fourth-order valence-corrected chi connectivity index (χ4v) is 1.81. The van der Waals surface area contributed by atoms with Crippen LogP contribution in [-0.4, -0.2) is 67.3 Å². The zero-order valence-electron chi connectivity index (χ0n) is 12.8. The van der Waals surface area contributed by atoms with Crippen LogP contribution in [0.15, 0.2) is 35.0 Å². The molecule has 0 bridgehead atoms. The average Bonchev–Trinajstić information content (AvgIpc) is 3.31. The molecule has 0 saturated carbocycles. The van der Waals surface area contributed by atoms with Crippen molar-refractivity contribution in [1.82, 2.24) is 40.6 Å². The van der Waals surface area contributed by atoms with Crippen molar-refractivity contribution in [3.8, 4) is 11.5 Å². The summed E-state index contributed by atoms with van der Waals surface area (Å²) in [6.07, 6.45) is 5.85. The van der Waals surface area contributed by atoms with Crippen LogP contribution in [0.4, 0.5) is 0 Å². The maximum atomic E-state index is 5.38. The number of tetrazole rings is 2. The first kappa shape index (κ1) is 15.2. The number of ether oxygens (including phenoxy) is 2. The molecule has 0 aliphatic carbocycles. The summed E-state index contributed by atoms with van der Waals surface area (Å²) in [5.74, 6) is 1.15. The minimum absolute atomic E-state index is 0.575. The SMILES string of the molecule is COc1cc(/C=N/n2cnnn2)c(OC)cc1/C=N/n1cnnn1. The molecule has 0 spiro atoms. The second-order valence-corrected chi connectivity index (χ2v) is 4.29. The second-order valence-electron chi connectivity index (χ2n) is 4.29. The highest BCUT2D eigenvalue weighted by molar-refractivity contribution is 5.90. The smallest absolute Gasteiger partial charge is 0.164 e. The lowest BCUT2D eigenvalue weighted by Gasteiger charge is -2.10. The zero-order chi connectivity index (χ0) is 16.8. The van der Waals surface area contributed by atoms with Gasteiger partial charge in [-0.1, -0.05) is 0 Å². The van der Waals surface area contributed by atoms with Crippen LogP contribution in [0.1, 0.15) is 11.1 Å². The minimum atomic E-state index is 0.575. The molecule has 0 saturated heterocycles. The van der Waals surface area contributed by atoms with E-state index in [0.29, 0.717) is 22.6 Å². The normalized spacial score (nSPS) is 11.4. The lowest BCUT2D eigenvalue weighted by Crippen LogP contribution is -2.00. The van der Waals surface area contributed by atoms with Crippen molar-refractivity contribution in [2.45, 2.75) is 0 Å². The highest BCUT2D eigenvalue weighted by Gasteiger charge is 2.09. The Morgan fingerprint density at radius 3 is 1.62 bits per heavy atom. The van der Waals surface area contributed by atoms with Gasteiger partial charge >= 0.3 is 0 Å². The topological polar surface area (TPSA) is 130 Å². The standard InChI is InChI=1S/C12H12N10O2/c1-23-11-3-10(6-16-22-8-14-18-20-22)12(24-2)4-9(11)5-15-21-7-13-17-19-21/h3-8H,1-2H3/b15-5+,16-6+. The van der Waals surface area contributed by atoms with Crippen molar-refractivity contribution in [3.63, 3.8) is 0 Å². The van der Waals surface area contributed by atoms with Crippen molar-refractivity contribution in [2.24, 2.45) is 10.2 Å². The van der Waals surface area contributed by atoms with Gasteiger partial charge in [0.25, 0.3) is 0 Å². The molecule has 3 rings (SSSR count). The van der Waals surface area contributed by atoms with Crippen LogP contribution >= 0.6 is 0 Å². The molecule has 0 aliphatic heterocycles. The molecule has 2 heterocycles. The minimum Gasteiger partial charge on any atom is -0.496 e. The van der Waals surface area contributed by atoms with Gasteiger partial charge in [0, 0.05) is 11.1 Å². The van der Waals surface area contributed by atoms with E-state index < -0.39 is 0 Å². The van der Waals surface area contributed by atoms with Crippen molar-refractivity contribution in [1.29, 1.82) is 0 Å². The van der Waals surface area contributed by atoms with Gasteiger partial charge in [-0.2, -0.15) is 10.2 Å². The van der Waals surface area contributed by atoms with Gasteiger partial charge in [0.2, 0.25) is 0 Å². The molecular formula is C12H12N10O2. The Balaban J connectivity index is 1.93. The number of nitrogens with zero attached hydrogens (tertiary/aromatic N) is 10. The molecule has 24 heavy (non-hydrogen) atoms. The van der Waals surface area contributed by atoms with Gasteiger partial charge in [0.1, 0.15) is 11.5 Å². The first-order valence-corrected chi connectivity index (χ1v) is 6.61. The van der Waals surface area contributed by atoms with E-state index in [1.54, 1.807) is 38.8 Å². The summed E-state index contributed by atoms with van der Waals surface area (Å²) in [5.41, 5.74) is 1.37. The van der Waals surface area contributed by atoms with E-state index >= 15 is 0 Å². The number of methoxy groups -OCH3 is 2. The maximum Gasteiger partial charge on any atom is 0.164 e. The van der Waals surface area contributed by atoms with Crippen LogP contribution in [0.25, 0.3) is 0 Å². The van der Waals surface area contributed by atoms with E-state index in [4.69, 9.17) is 9.47 Å². The van der Waals surface area contributed by atoms with Crippen LogP contribution in [0, 0.1) is 0 Å². The fourth-order valence-electron chi connectivity index (χ4n) is 1.81. The molecule has 0 radical (unpaired) electrons. The largest absolute Gasteiger partial charge is 0.496 e. The van der Waals surface area contributed by atoms with E-state index in [1.165, 1.54) is 22.2 Å². The molecule has 0 atom stereocenters. The second kappa shape index (κ2) is 7.04. The van der Waals surface area contributed by atoms with Crippen LogP contribution in [0.3, 0.4) is 0 Å². The number of hydrogen-bond acceptors (Lipinski definition) is 10. The number of rotatable bonds is 6. The van der Waals surface area contributed by atoms with Gasteiger partial charge in [0.15, 0.2) is 12.7 Å². The molecule has 122 valence electrons. The highest BCUT2D eigenvalue weighted by atomic mass is 16.5. The molecule has 0 amide bonds. The molecule has 0 N–H and O–H groups in total. The Hall–Kier alpha value is -3.70. The summed E-state index contributed by atoms with van der Waals surface area (Å²) in [6, 6.07) is 3.52. The van der Waals surface area contributed by atoms with E-state index in [-0.39, 0.29) is 0 Å². The Bertz CT molecular complexity index is 769. The van der Waals surface area contributed by atoms with Crippen molar-refractivity contribution in [3.05, 3.63) is 35.9 Å². The number of benzene rings is 1. The third-order valence-corrected chi connectivity index (χ3v) is 2.89. The molecule has 0 aliphatic rings. The van der Waals surface area contributed by atoms with Crippen molar-refractivity contribution >= 4 is 12.4 Å². The molecule has 3 aromatic rings. The Labute approximate surface area is 135 Å². The molecule has 12 nitrogen and oxygen atoms in total. The summed E-state index contributed by atoms with van der Waals surface area (Å²) in [7, 11) is 3.11. The predicted octanol–water partition coefficient (Wildman–Crippen LogP) is -0.559. The summed E-state index contributed by atoms with van der Waals surface area (Å²) < 4.78 is 10.8. The molecule has 1 aromatic carbocycles. The van der Waals surface area contributed by atoms with Gasteiger partial charge in [-0.05, 0) is 33.0 Å². The Morgan fingerprint density at radius 2 is 1.29 bits per heavy atom.